The Morgan fingerprint density at radius 2 is 1.91 bits per heavy atom. The van der Waals surface area contributed by atoms with Crippen molar-refractivity contribution < 1.29 is 14.7 Å². The number of aryl methyl sites for hydroxylation is 2. The smallest absolute Gasteiger partial charge is 0.335 e. The van der Waals surface area contributed by atoms with Crippen LogP contribution >= 0.6 is 0 Å². The highest BCUT2D eigenvalue weighted by Crippen LogP contribution is 2.14. The fraction of sp³-hybridized carbons (Fsp3) is 0.353. The summed E-state index contributed by atoms with van der Waals surface area (Å²) in [6.45, 7) is 6.23. The maximum absolute atomic E-state index is 12.0. The second kappa shape index (κ2) is 7.09. The number of hydrogen-bond donors (Lipinski definition) is 2. The van der Waals surface area contributed by atoms with E-state index in [0.29, 0.717) is 13.0 Å². The highest BCUT2D eigenvalue weighted by atomic mass is 16.4. The van der Waals surface area contributed by atoms with Crippen LogP contribution in [0.25, 0.3) is 0 Å². The lowest BCUT2D eigenvalue weighted by atomic mass is 10.1. The van der Waals surface area contributed by atoms with Crippen molar-refractivity contribution in [2.24, 2.45) is 0 Å². The average molecular weight is 315 g/mol. The number of carbonyl (C=O) groups excluding carboxylic acids is 1. The van der Waals surface area contributed by atoms with Gasteiger partial charge in [-0.05, 0) is 44.5 Å². The van der Waals surface area contributed by atoms with Crippen LogP contribution in [0, 0.1) is 13.8 Å². The van der Waals surface area contributed by atoms with Crippen LogP contribution in [0.15, 0.2) is 30.3 Å². The predicted octanol–water partition coefficient (Wildman–Crippen LogP) is 2.47. The van der Waals surface area contributed by atoms with Gasteiger partial charge < -0.3 is 10.4 Å². The van der Waals surface area contributed by atoms with Gasteiger partial charge in [0.25, 0.3) is 0 Å². The molecule has 0 aliphatic rings. The Kier molecular flexibility index (Phi) is 5.16. The van der Waals surface area contributed by atoms with Crippen LogP contribution in [0.2, 0.25) is 0 Å². The first kappa shape index (κ1) is 16.7. The molecule has 0 bridgehead atoms. The van der Waals surface area contributed by atoms with Gasteiger partial charge in [-0.25, -0.2) is 4.79 Å². The van der Waals surface area contributed by atoms with Crippen LogP contribution in [0.3, 0.4) is 0 Å². The predicted molar refractivity (Wildman–Crippen MR) is 86.3 cm³/mol. The fourth-order valence-electron chi connectivity index (χ4n) is 2.49. The first-order valence-corrected chi connectivity index (χ1v) is 7.48. The molecule has 0 saturated carbocycles. The monoisotopic (exact) mass is 315 g/mol. The van der Waals surface area contributed by atoms with E-state index in [0.717, 1.165) is 17.0 Å². The minimum absolute atomic E-state index is 0.0157. The molecule has 0 spiro atoms. The number of hydrogen-bond acceptors (Lipinski definition) is 3. The van der Waals surface area contributed by atoms with Crippen molar-refractivity contribution >= 4 is 11.9 Å². The third kappa shape index (κ3) is 4.42. The van der Waals surface area contributed by atoms with Crippen LogP contribution in [0.4, 0.5) is 0 Å². The zero-order valence-corrected chi connectivity index (χ0v) is 13.5. The molecule has 1 atom stereocenters. The van der Waals surface area contributed by atoms with E-state index in [4.69, 9.17) is 5.11 Å². The molecular formula is C17H21N3O3. The Morgan fingerprint density at radius 3 is 2.43 bits per heavy atom. The normalized spacial score (nSPS) is 12.0. The summed E-state index contributed by atoms with van der Waals surface area (Å²) in [5, 5.41) is 16.1. The minimum Gasteiger partial charge on any atom is -0.478 e. The summed E-state index contributed by atoms with van der Waals surface area (Å²) in [5.41, 5.74) is 3.07. The molecule has 1 amide bonds. The Hall–Kier alpha value is -2.63. The third-order valence-corrected chi connectivity index (χ3v) is 3.63. The zero-order chi connectivity index (χ0) is 17.0. The van der Waals surface area contributed by atoms with Crippen molar-refractivity contribution in [3.05, 3.63) is 52.8 Å². The van der Waals surface area contributed by atoms with E-state index in [1.807, 2.05) is 31.5 Å². The Balaban J connectivity index is 1.87. The first-order valence-electron chi connectivity index (χ1n) is 7.48. The molecule has 2 rings (SSSR count). The highest BCUT2D eigenvalue weighted by Gasteiger charge is 2.13. The van der Waals surface area contributed by atoms with Crippen molar-refractivity contribution in [3.8, 4) is 0 Å². The quantitative estimate of drug-likeness (QED) is 0.857. The Morgan fingerprint density at radius 1 is 1.26 bits per heavy atom. The summed E-state index contributed by atoms with van der Waals surface area (Å²) in [5.74, 6) is -1.02. The van der Waals surface area contributed by atoms with E-state index < -0.39 is 5.97 Å². The van der Waals surface area contributed by atoms with Crippen LogP contribution in [-0.4, -0.2) is 26.8 Å². The molecule has 122 valence electrons. The number of carboxylic acids is 1. The molecule has 23 heavy (non-hydrogen) atoms. The van der Waals surface area contributed by atoms with Gasteiger partial charge in [0.15, 0.2) is 0 Å². The Labute approximate surface area is 135 Å². The van der Waals surface area contributed by atoms with Gasteiger partial charge in [0.1, 0.15) is 0 Å². The summed E-state index contributed by atoms with van der Waals surface area (Å²) >= 11 is 0. The number of nitrogens with zero attached hydrogens (tertiary/aromatic N) is 2. The van der Waals surface area contributed by atoms with Gasteiger partial charge in [0.05, 0.1) is 17.3 Å². The molecule has 6 heteroatoms. The number of nitrogens with one attached hydrogen (secondary N) is 1. The summed E-state index contributed by atoms with van der Waals surface area (Å²) in [6.07, 6.45) is 0.342. The van der Waals surface area contributed by atoms with Crippen LogP contribution in [-0.2, 0) is 11.3 Å². The fourth-order valence-corrected chi connectivity index (χ4v) is 2.49. The highest BCUT2D eigenvalue weighted by molar-refractivity contribution is 5.87. The van der Waals surface area contributed by atoms with Crippen molar-refractivity contribution in [3.63, 3.8) is 0 Å². The molecule has 6 nitrogen and oxygen atoms in total. The number of carbonyl (C=O) groups is 2. The summed E-state index contributed by atoms with van der Waals surface area (Å²) in [7, 11) is 0. The molecule has 1 aromatic heterocycles. The van der Waals surface area contributed by atoms with Crippen molar-refractivity contribution in [2.75, 3.05) is 0 Å². The van der Waals surface area contributed by atoms with Crippen molar-refractivity contribution in [1.29, 1.82) is 0 Å². The molecule has 0 aliphatic heterocycles. The number of carboxylic acid groups (broad SMARTS) is 1. The number of aromatic nitrogens is 2. The van der Waals surface area contributed by atoms with E-state index in [-0.39, 0.29) is 17.5 Å². The third-order valence-electron chi connectivity index (χ3n) is 3.63. The molecule has 0 radical (unpaired) electrons. The lowest BCUT2D eigenvalue weighted by molar-refractivity contribution is -0.122. The van der Waals surface area contributed by atoms with Gasteiger partial charge in [0.2, 0.25) is 5.91 Å². The molecule has 2 N–H and O–H groups in total. The van der Waals surface area contributed by atoms with Crippen LogP contribution in [0.1, 0.15) is 46.7 Å². The lowest BCUT2D eigenvalue weighted by Gasteiger charge is -2.14. The molecule has 1 aromatic carbocycles. The number of benzene rings is 1. The molecule has 0 saturated heterocycles. The molecule has 0 aliphatic carbocycles. The molecule has 0 fully saturated rings. The van der Waals surface area contributed by atoms with E-state index in [9.17, 15) is 9.59 Å². The van der Waals surface area contributed by atoms with E-state index >= 15 is 0 Å². The zero-order valence-electron chi connectivity index (χ0n) is 13.5. The van der Waals surface area contributed by atoms with Crippen molar-refractivity contribution in [1.82, 2.24) is 15.1 Å². The van der Waals surface area contributed by atoms with Gasteiger partial charge >= 0.3 is 5.97 Å². The maximum Gasteiger partial charge on any atom is 0.335 e. The summed E-state index contributed by atoms with van der Waals surface area (Å²) in [4.78, 5) is 22.8. The van der Waals surface area contributed by atoms with Crippen LogP contribution < -0.4 is 5.32 Å². The van der Waals surface area contributed by atoms with Crippen LogP contribution in [0.5, 0.6) is 0 Å². The van der Waals surface area contributed by atoms with Gasteiger partial charge in [-0.15, -0.1) is 0 Å². The molecule has 1 unspecified atom stereocenters. The van der Waals surface area contributed by atoms with E-state index in [1.165, 1.54) is 12.1 Å². The first-order chi connectivity index (χ1) is 10.9. The minimum atomic E-state index is -0.959. The van der Waals surface area contributed by atoms with Gasteiger partial charge in [-0.3, -0.25) is 9.48 Å². The maximum atomic E-state index is 12.0. The van der Waals surface area contributed by atoms with E-state index in [2.05, 4.69) is 10.4 Å². The van der Waals surface area contributed by atoms with E-state index in [1.54, 1.807) is 12.1 Å². The van der Waals surface area contributed by atoms with Gasteiger partial charge in [-0.1, -0.05) is 12.1 Å². The average Bonchev–Trinajstić information content (AvgIpc) is 2.84. The number of amides is 1. The second-order valence-corrected chi connectivity index (χ2v) is 5.70. The summed E-state index contributed by atoms with van der Waals surface area (Å²) < 4.78 is 1.86. The topological polar surface area (TPSA) is 84.2 Å². The number of rotatable bonds is 6. The SMILES string of the molecule is Cc1cc(C)n(C(C)CC(=O)NCc2ccc(C(=O)O)cc2)n1. The lowest BCUT2D eigenvalue weighted by Crippen LogP contribution is -2.26. The van der Waals surface area contributed by atoms with Gasteiger partial charge in [-0.2, -0.15) is 5.10 Å². The molecule has 1 heterocycles. The van der Waals surface area contributed by atoms with Crippen molar-refractivity contribution in [2.45, 2.75) is 39.8 Å². The van der Waals surface area contributed by atoms with Gasteiger partial charge in [0, 0.05) is 18.7 Å². The molecule has 2 aromatic rings. The summed E-state index contributed by atoms with van der Waals surface area (Å²) in [6, 6.07) is 8.43. The molecular weight excluding hydrogens is 294 g/mol. The Bertz CT molecular complexity index is 704. The number of aromatic carboxylic acids is 1. The second-order valence-electron chi connectivity index (χ2n) is 5.70. The standard InChI is InChI=1S/C17H21N3O3/c1-11-8-12(2)20(19-11)13(3)9-16(21)18-10-14-4-6-15(7-5-14)17(22)23/h4-8,13H,9-10H2,1-3H3,(H,18,21)(H,22,23). The largest absolute Gasteiger partial charge is 0.478 e.